The second-order valence-corrected chi connectivity index (χ2v) is 6.20. The summed E-state index contributed by atoms with van der Waals surface area (Å²) >= 11 is 0. The molecule has 5 heteroatoms. The Hall–Kier alpha value is -2.17. The van der Waals surface area contributed by atoms with Crippen LogP contribution in [0.3, 0.4) is 0 Å². The SMILES string of the molecule is C=Cn1nc(C)c(C2CC(=O)C(C(=O)C3CC3)=C(O)C2)c1C. The van der Waals surface area contributed by atoms with Crippen LogP contribution in [0.4, 0.5) is 0 Å². The zero-order valence-electron chi connectivity index (χ0n) is 12.9. The van der Waals surface area contributed by atoms with Gasteiger partial charge in [-0.1, -0.05) is 6.58 Å². The molecule has 1 atom stereocenters. The van der Waals surface area contributed by atoms with Crippen LogP contribution in [0.2, 0.25) is 0 Å². The summed E-state index contributed by atoms with van der Waals surface area (Å²) in [7, 11) is 0. The van der Waals surface area contributed by atoms with Crippen LogP contribution in [0.25, 0.3) is 6.20 Å². The lowest BCUT2D eigenvalue weighted by atomic mass is 9.80. The standard InChI is InChI=1S/C17H20N2O3/c1-4-19-10(3)15(9(2)18-19)12-7-13(20)16(14(21)8-12)17(22)11-5-6-11/h4,11-12,20H,1,5-8H2,2-3H3. The first kappa shape index (κ1) is 14.8. The van der Waals surface area contributed by atoms with E-state index in [-0.39, 0.29) is 41.2 Å². The van der Waals surface area contributed by atoms with Gasteiger partial charge in [-0.05, 0) is 26.7 Å². The molecule has 2 aliphatic carbocycles. The van der Waals surface area contributed by atoms with Gasteiger partial charge in [0.05, 0.1) is 11.3 Å². The topological polar surface area (TPSA) is 72.2 Å². The number of allylic oxidation sites excluding steroid dienone is 2. The summed E-state index contributed by atoms with van der Waals surface area (Å²) < 4.78 is 1.68. The number of carbonyl (C=O) groups is 2. The summed E-state index contributed by atoms with van der Waals surface area (Å²) in [6.45, 7) is 7.52. The molecule has 1 aromatic heterocycles. The molecule has 0 spiro atoms. The van der Waals surface area contributed by atoms with Gasteiger partial charge in [0.1, 0.15) is 5.76 Å². The summed E-state index contributed by atoms with van der Waals surface area (Å²) in [4.78, 5) is 24.5. The number of aliphatic hydroxyl groups excluding tert-OH is 1. The third-order valence-corrected chi connectivity index (χ3v) is 4.60. The molecule has 22 heavy (non-hydrogen) atoms. The number of hydrogen-bond acceptors (Lipinski definition) is 4. The van der Waals surface area contributed by atoms with Gasteiger partial charge in [0.15, 0.2) is 11.6 Å². The maximum absolute atomic E-state index is 12.4. The molecule has 0 saturated heterocycles. The van der Waals surface area contributed by atoms with E-state index in [1.165, 1.54) is 0 Å². The Kier molecular flexibility index (Phi) is 3.51. The van der Waals surface area contributed by atoms with Crippen LogP contribution < -0.4 is 0 Å². The monoisotopic (exact) mass is 300 g/mol. The Bertz CT molecular complexity index is 708. The Morgan fingerprint density at radius 2 is 2.05 bits per heavy atom. The van der Waals surface area contributed by atoms with Crippen molar-refractivity contribution in [2.24, 2.45) is 5.92 Å². The van der Waals surface area contributed by atoms with Gasteiger partial charge in [-0.3, -0.25) is 9.59 Å². The van der Waals surface area contributed by atoms with E-state index in [0.717, 1.165) is 29.8 Å². The van der Waals surface area contributed by atoms with Gasteiger partial charge in [0.2, 0.25) is 0 Å². The van der Waals surface area contributed by atoms with Gasteiger partial charge in [-0.2, -0.15) is 5.10 Å². The molecule has 5 nitrogen and oxygen atoms in total. The number of Topliss-reactive ketones (excluding diaryl/α,β-unsaturated/α-hetero) is 2. The van der Waals surface area contributed by atoms with Crippen molar-refractivity contribution >= 4 is 17.8 Å². The van der Waals surface area contributed by atoms with Crippen molar-refractivity contribution in [3.8, 4) is 0 Å². The fourth-order valence-electron chi connectivity index (χ4n) is 3.37. The molecule has 1 heterocycles. The predicted octanol–water partition coefficient (Wildman–Crippen LogP) is 2.84. The van der Waals surface area contributed by atoms with E-state index in [9.17, 15) is 14.7 Å². The molecule has 1 unspecified atom stereocenters. The number of ketones is 2. The van der Waals surface area contributed by atoms with Crippen molar-refractivity contribution in [1.82, 2.24) is 9.78 Å². The molecule has 1 fully saturated rings. The smallest absolute Gasteiger partial charge is 0.172 e. The Morgan fingerprint density at radius 3 is 2.55 bits per heavy atom. The van der Waals surface area contributed by atoms with E-state index in [1.54, 1.807) is 10.9 Å². The minimum Gasteiger partial charge on any atom is -0.511 e. The van der Waals surface area contributed by atoms with E-state index in [4.69, 9.17) is 0 Å². The summed E-state index contributed by atoms with van der Waals surface area (Å²) in [6, 6.07) is 0. The quantitative estimate of drug-likeness (QED) is 0.868. The average molecular weight is 300 g/mol. The molecule has 0 aromatic carbocycles. The highest BCUT2D eigenvalue weighted by Gasteiger charge is 2.40. The highest BCUT2D eigenvalue weighted by Crippen LogP contribution is 2.40. The number of rotatable bonds is 4. The second-order valence-electron chi connectivity index (χ2n) is 6.20. The first-order valence-corrected chi connectivity index (χ1v) is 7.61. The molecular weight excluding hydrogens is 280 g/mol. The van der Waals surface area contributed by atoms with Crippen LogP contribution in [-0.4, -0.2) is 26.5 Å². The van der Waals surface area contributed by atoms with Gasteiger partial charge in [-0.15, -0.1) is 0 Å². The summed E-state index contributed by atoms with van der Waals surface area (Å²) in [5.74, 6) is -0.642. The van der Waals surface area contributed by atoms with E-state index in [1.807, 2.05) is 13.8 Å². The lowest BCUT2D eigenvalue weighted by Crippen LogP contribution is -2.25. The molecule has 3 rings (SSSR count). The van der Waals surface area contributed by atoms with E-state index in [0.29, 0.717) is 6.42 Å². The zero-order chi connectivity index (χ0) is 16.0. The van der Waals surface area contributed by atoms with E-state index >= 15 is 0 Å². The van der Waals surface area contributed by atoms with Crippen LogP contribution >= 0.6 is 0 Å². The Labute approximate surface area is 129 Å². The predicted molar refractivity (Wildman–Crippen MR) is 82.5 cm³/mol. The van der Waals surface area contributed by atoms with E-state index < -0.39 is 0 Å². The van der Waals surface area contributed by atoms with Crippen LogP contribution in [0.5, 0.6) is 0 Å². The van der Waals surface area contributed by atoms with Gasteiger partial charge in [0.25, 0.3) is 0 Å². The lowest BCUT2D eigenvalue weighted by Gasteiger charge is -2.23. The molecule has 2 aliphatic rings. The molecule has 1 aromatic rings. The number of nitrogens with zero attached hydrogens (tertiary/aromatic N) is 2. The van der Waals surface area contributed by atoms with Crippen molar-refractivity contribution in [2.75, 3.05) is 0 Å². The van der Waals surface area contributed by atoms with Gasteiger partial charge in [0, 0.05) is 42.1 Å². The first-order valence-electron chi connectivity index (χ1n) is 7.61. The molecular formula is C17H20N2O3. The molecule has 1 saturated carbocycles. The van der Waals surface area contributed by atoms with Crippen molar-refractivity contribution in [1.29, 1.82) is 0 Å². The molecule has 1 N–H and O–H groups in total. The average Bonchev–Trinajstić information content (AvgIpc) is 3.24. The van der Waals surface area contributed by atoms with Crippen molar-refractivity contribution < 1.29 is 14.7 Å². The summed E-state index contributed by atoms with van der Waals surface area (Å²) in [6.07, 6.45) is 3.86. The fraction of sp³-hybridized carbons (Fsp3) is 0.471. The summed E-state index contributed by atoms with van der Waals surface area (Å²) in [5, 5.41) is 14.6. The normalized spacial score (nSPS) is 22.1. The van der Waals surface area contributed by atoms with Crippen molar-refractivity contribution in [3.05, 3.63) is 34.9 Å². The maximum Gasteiger partial charge on any atom is 0.172 e. The molecule has 0 aliphatic heterocycles. The van der Waals surface area contributed by atoms with Crippen molar-refractivity contribution in [3.63, 3.8) is 0 Å². The minimum absolute atomic E-state index is 0.0465. The number of carbonyl (C=O) groups excluding carboxylic acids is 2. The van der Waals surface area contributed by atoms with Gasteiger partial charge < -0.3 is 5.11 Å². The molecule has 0 bridgehead atoms. The molecule has 0 amide bonds. The second kappa shape index (κ2) is 5.23. The highest BCUT2D eigenvalue weighted by molar-refractivity contribution is 6.22. The maximum atomic E-state index is 12.4. The molecule has 116 valence electrons. The van der Waals surface area contributed by atoms with Crippen LogP contribution in [0.15, 0.2) is 17.9 Å². The van der Waals surface area contributed by atoms with Crippen LogP contribution in [0.1, 0.15) is 48.6 Å². The Morgan fingerprint density at radius 1 is 1.36 bits per heavy atom. The Balaban J connectivity index is 1.94. The van der Waals surface area contributed by atoms with Crippen molar-refractivity contribution in [2.45, 2.75) is 45.4 Å². The van der Waals surface area contributed by atoms with Crippen LogP contribution in [0, 0.1) is 19.8 Å². The van der Waals surface area contributed by atoms with Gasteiger partial charge in [-0.25, -0.2) is 4.68 Å². The number of aliphatic hydroxyl groups is 1. The van der Waals surface area contributed by atoms with E-state index in [2.05, 4.69) is 11.7 Å². The number of aromatic nitrogens is 2. The first-order chi connectivity index (χ1) is 10.4. The third-order valence-electron chi connectivity index (χ3n) is 4.60. The largest absolute Gasteiger partial charge is 0.511 e. The number of hydrogen-bond donors (Lipinski definition) is 1. The minimum atomic E-state index is -0.240. The fourth-order valence-corrected chi connectivity index (χ4v) is 3.37. The van der Waals surface area contributed by atoms with Gasteiger partial charge >= 0.3 is 0 Å². The summed E-state index contributed by atoms with van der Waals surface area (Å²) in [5.41, 5.74) is 2.78. The van der Waals surface area contributed by atoms with Crippen LogP contribution in [-0.2, 0) is 9.59 Å². The molecule has 0 radical (unpaired) electrons. The zero-order valence-corrected chi connectivity index (χ0v) is 12.9. The highest BCUT2D eigenvalue weighted by atomic mass is 16.3. The lowest BCUT2D eigenvalue weighted by molar-refractivity contribution is -0.123. The number of aryl methyl sites for hydroxylation is 1. The third kappa shape index (κ3) is 2.30.